The third-order valence-electron chi connectivity index (χ3n) is 4.08. The molecule has 5 heteroatoms. The Morgan fingerprint density at radius 1 is 1.30 bits per heavy atom. The van der Waals surface area contributed by atoms with Gasteiger partial charge in [-0.2, -0.15) is 0 Å². The fourth-order valence-corrected chi connectivity index (χ4v) is 2.92. The number of carbonyl (C=O) groups is 1. The van der Waals surface area contributed by atoms with E-state index in [0.29, 0.717) is 18.2 Å². The van der Waals surface area contributed by atoms with Crippen molar-refractivity contribution in [3.8, 4) is 0 Å². The van der Waals surface area contributed by atoms with Crippen LogP contribution in [0.5, 0.6) is 0 Å². The van der Waals surface area contributed by atoms with Gasteiger partial charge in [-0.1, -0.05) is 18.9 Å². The lowest BCUT2D eigenvalue weighted by atomic mass is 9.79. The van der Waals surface area contributed by atoms with Crippen molar-refractivity contribution in [1.82, 2.24) is 0 Å². The molecule has 2 unspecified atom stereocenters. The topological polar surface area (TPSA) is 69.6 Å². The van der Waals surface area contributed by atoms with Crippen LogP contribution in [0.4, 0.5) is 10.1 Å². The number of hydrogen-bond donors (Lipinski definition) is 3. The van der Waals surface area contributed by atoms with Crippen molar-refractivity contribution in [3.05, 3.63) is 29.6 Å². The first kappa shape index (κ1) is 14.8. The minimum atomic E-state index is -1.27. The molecule has 0 aliphatic heterocycles. The molecule has 3 N–H and O–H groups in total. The first-order chi connectivity index (χ1) is 9.63. The normalized spacial score (nSPS) is 22.5. The molecule has 0 spiro atoms. The number of aliphatic hydroxyl groups excluding tert-OH is 1. The van der Waals surface area contributed by atoms with E-state index in [1.54, 1.807) is 6.07 Å². The smallest absolute Gasteiger partial charge is 0.340 e. The highest BCUT2D eigenvalue weighted by molar-refractivity contribution is 5.94. The van der Waals surface area contributed by atoms with E-state index in [9.17, 15) is 14.3 Å². The van der Waals surface area contributed by atoms with Gasteiger partial charge in [0.05, 0.1) is 5.69 Å². The zero-order valence-electron chi connectivity index (χ0n) is 11.3. The first-order valence-corrected chi connectivity index (χ1v) is 7.00. The van der Waals surface area contributed by atoms with Gasteiger partial charge in [0.1, 0.15) is 11.4 Å². The van der Waals surface area contributed by atoms with E-state index in [1.165, 1.54) is 6.07 Å². The van der Waals surface area contributed by atoms with Crippen LogP contribution in [-0.4, -0.2) is 29.3 Å². The Bertz CT molecular complexity index is 478. The number of hydrogen-bond acceptors (Lipinski definition) is 3. The fraction of sp³-hybridized carbons (Fsp3) is 0.533. The number of carboxylic acid groups (broad SMARTS) is 1. The van der Waals surface area contributed by atoms with Gasteiger partial charge >= 0.3 is 5.97 Å². The molecule has 4 nitrogen and oxygen atoms in total. The summed E-state index contributed by atoms with van der Waals surface area (Å²) in [6, 6.07) is 4.21. The van der Waals surface area contributed by atoms with Crippen LogP contribution in [0.3, 0.4) is 0 Å². The summed E-state index contributed by atoms with van der Waals surface area (Å²) in [5, 5.41) is 21.5. The minimum Gasteiger partial charge on any atom is -0.478 e. The fourth-order valence-electron chi connectivity index (χ4n) is 2.92. The Hall–Kier alpha value is -1.62. The van der Waals surface area contributed by atoms with E-state index < -0.39 is 11.8 Å². The third kappa shape index (κ3) is 3.28. The first-order valence-electron chi connectivity index (χ1n) is 7.00. The van der Waals surface area contributed by atoms with Gasteiger partial charge in [0.25, 0.3) is 0 Å². The molecule has 1 saturated carbocycles. The average molecular weight is 281 g/mol. The van der Waals surface area contributed by atoms with Crippen LogP contribution in [0, 0.1) is 17.7 Å². The summed E-state index contributed by atoms with van der Waals surface area (Å²) in [6.45, 7) is 0.718. The quantitative estimate of drug-likeness (QED) is 0.776. The SMILES string of the molecule is O=C(O)c1c(F)cccc1NCC1CCCCC1CO. The molecule has 0 aromatic heterocycles. The Balaban J connectivity index is 2.07. The standard InChI is InChI=1S/C15H20FNO3/c16-12-6-3-7-13(14(12)15(19)20)17-8-10-4-1-2-5-11(10)9-18/h3,6-7,10-11,17-18H,1-2,4-5,8-9H2,(H,19,20). The van der Waals surface area contributed by atoms with Crippen LogP contribution in [0.1, 0.15) is 36.0 Å². The van der Waals surface area contributed by atoms with Crippen molar-refractivity contribution in [2.45, 2.75) is 25.7 Å². The second kappa shape index (κ2) is 6.70. The number of carboxylic acids is 1. The molecule has 1 aliphatic rings. The average Bonchev–Trinajstić information content (AvgIpc) is 2.45. The summed E-state index contributed by atoms with van der Waals surface area (Å²) in [4.78, 5) is 11.1. The molecule has 1 aromatic rings. The van der Waals surface area contributed by atoms with E-state index in [-0.39, 0.29) is 18.1 Å². The van der Waals surface area contributed by atoms with Crippen LogP contribution in [-0.2, 0) is 0 Å². The second-order valence-corrected chi connectivity index (χ2v) is 5.34. The molecule has 0 heterocycles. The lowest BCUT2D eigenvalue weighted by molar-refractivity contribution is 0.0693. The largest absolute Gasteiger partial charge is 0.478 e. The summed E-state index contributed by atoms with van der Waals surface area (Å²) in [5.74, 6) is -1.45. The molecule has 20 heavy (non-hydrogen) atoms. The van der Waals surface area contributed by atoms with E-state index in [0.717, 1.165) is 31.7 Å². The van der Waals surface area contributed by atoms with Crippen LogP contribution in [0.25, 0.3) is 0 Å². The Kier molecular flexibility index (Phi) is 4.95. The molecule has 1 aliphatic carbocycles. The molecule has 2 atom stereocenters. The van der Waals surface area contributed by atoms with Crippen LogP contribution in [0.2, 0.25) is 0 Å². The molecule has 1 fully saturated rings. The summed E-state index contributed by atoms with van der Waals surface area (Å²) in [5.41, 5.74) is -0.0105. The zero-order chi connectivity index (χ0) is 14.5. The zero-order valence-corrected chi connectivity index (χ0v) is 11.3. The molecular weight excluding hydrogens is 261 g/mol. The highest BCUT2D eigenvalue weighted by atomic mass is 19.1. The van der Waals surface area contributed by atoms with E-state index in [1.807, 2.05) is 0 Å². The van der Waals surface area contributed by atoms with Gasteiger partial charge in [-0.15, -0.1) is 0 Å². The minimum absolute atomic E-state index is 0.154. The Labute approximate surface area is 117 Å². The third-order valence-corrected chi connectivity index (χ3v) is 4.08. The van der Waals surface area contributed by atoms with Crippen molar-refractivity contribution >= 4 is 11.7 Å². The number of benzene rings is 1. The summed E-state index contributed by atoms with van der Waals surface area (Å²) < 4.78 is 13.5. The van der Waals surface area contributed by atoms with Gasteiger partial charge < -0.3 is 15.5 Å². The van der Waals surface area contributed by atoms with Gasteiger partial charge in [-0.3, -0.25) is 0 Å². The Morgan fingerprint density at radius 2 is 2.00 bits per heavy atom. The maximum Gasteiger partial charge on any atom is 0.340 e. The van der Waals surface area contributed by atoms with Gasteiger partial charge in [-0.05, 0) is 36.8 Å². The monoisotopic (exact) mass is 281 g/mol. The molecule has 110 valence electrons. The number of rotatable bonds is 5. The van der Waals surface area contributed by atoms with Crippen molar-refractivity contribution in [1.29, 1.82) is 0 Å². The molecule has 0 saturated heterocycles. The lowest BCUT2D eigenvalue weighted by Crippen LogP contribution is -2.29. The van der Waals surface area contributed by atoms with Crippen LogP contribution >= 0.6 is 0 Å². The highest BCUT2D eigenvalue weighted by Gasteiger charge is 2.25. The van der Waals surface area contributed by atoms with E-state index in [2.05, 4.69) is 5.32 Å². The van der Waals surface area contributed by atoms with E-state index in [4.69, 9.17) is 5.11 Å². The summed E-state index contributed by atoms with van der Waals surface area (Å²) in [7, 11) is 0. The predicted molar refractivity (Wildman–Crippen MR) is 74.4 cm³/mol. The van der Waals surface area contributed by atoms with Crippen molar-refractivity contribution in [3.63, 3.8) is 0 Å². The van der Waals surface area contributed by atoms with Crippen LogP contribution in [0.15, 0.2) is 18.2 Å². The second-order valence-electron chi connectivity index (χ2n) is 5.34. The van der Waals surface area contributed by atoms with Gasteiger partial charge in [-0.25, -0.2) is 9.18 Å². The lowest BCUT2D eigenvalue weighted by Gasteiger charge is -2.30. The Morgan fingerprint density at radius 3 is 2.65 bits per heavy atom. The van der Waals surface area contributed by atoms with Crippen molar-refractivity contribution in [2.24, 2.45) is 11.8 Å². The van der Waals surface area contributed by atoms with Crippen molar-refractivity contribution in [2.75, 3.05) is 18.5 Å². The molecule has 0 bridgehead atoms. The van der Waals surface area contributed by atoms with Crippen LogP contribution < -0.4 is 5.32 Å². The van der Waals surface area contributed by atoms with Gasteiger partial charge in [0.15, 0.2) is 0 Å². The number of aromatic carboxylic acids is 1. The van der Waals surface area contributed by atoms with E-state index >= 15 is 0 Å². The summed E-state index contributed by atoms with van der Waals surface area (Å²) in [6.07, 6.45) is 4.26. The molecule has 2 rings (SSSR count). The number of nitrogens with one attached hydrogen (secondary N) is 1. The number of halogens is 1. The van der Waals surface area contributed by atoms with Gasteiger partial charge in [0.2, 0.25) is 0 Å². The highest BCUT2D eigenvalue weighted by Crippen LogP contribution is 2.30. The molecule has 0 radical (unpaired) electrons. The number of anilines is 1. The number of aliphatic hydroxyl groups is 1. The predicted octanol–water partition coefficient (Wildman–Crippen LogP) is 2.73. The molecular formula is C15H20FNO3. The van der Waals surface area contributed by atoms with Gasteiger partial charge in [0, 0.05) is 13.2 Å². The molecule has 0 amide bonds. The summed E-state index contributed by atoms with van der Waals surface area (Å²) >= 11 is 0. The maximum atomic E-state index is 13.5. The maximum absolute atomic E-state index is 13.5. The van der Waals surface area contributed by atoms with Crippen molar-refractivity contribution < 1.29 is 19.4 Å². The molecule has 1 aromatic carbocycles.